The molecule has 0 N–H and O–H groups in total. The maximum Gasteiger partial charge on any atom is 0.0534 e. The Labute approximate surface area is 150 Å². The highest BCUT2D eigenvalue weighted by Gasteiger charge is 2.45. The molecule has 1 saturated carbocycles. The fourth-order valence-electron chi connectivity index (χ4n) is 3.83. The summed E-state index contributed by atoms with van der Waals surface area (Å²) in [6.45, 7) is 6.98. The van der Waals surface area contributed by atoms with E-state index in [4.69, 9.17) is 0 Å². The average molecular weight is 347 g/mol. The van der Waals surface area contributed by atoms with Crippen LogP contribution in [0.2, 0.25) is 0 Å². The summed E-state index contributed by atoms with van der Waals surface area (Å²) in [6, 6.07) is 11.1. The summed E-state index contributed by atoms with van der Waals surface area (Å²) in [4.78, 5) is 5.22. The number of aromatic nitrogens is 2. The molecule has 0 bridgehead atoms. The molecule has 24 heavy (non-hydrogen) atoms. The van der Waals surface area contributed by atoms with Crippen LogP contribution in [0.5, 0.6) is 0 Å². The van der Waals surface area contributed by atoms with Crippen molar-refractivity contribution >= 4 is 12.4 Å². The third-order valence-electron chi connectivity index (χ3n) is 5.40. The highest BCUT2D eigenvalue weighted by molar-refractivity contribution is 5.85. The molecule has 130 valence electrons. The highest BCUT2D eigenvalue weighted by Crippen LogP contribution is 2.48. The zero-order valence-electron chi connectivity index (χ0n) is 14.4. The summed E-state index contributed by atoms with van der Waals surface area (Å²) in [5.74, 6) is 0. The molecule has 4 nitrogen and oxygen atoms in total. The van der Waals surface area contributed by atoms with Crippen molar-refractivity contribution in [3.05, 3.63) is 53.9 Å². The Morgan fingerprint density at radius 2 is 1.67 bits per heavy atom. The number of aryl methyl sites for hydroxylation is 1. The van der Waals surface area contributed by atoms with Gasteiger partial charge >= 0.3 is 0 Å². The van der Waals surface area contributed by atoms with Crippen LogP contribution in [0.25, 0.3) is 0 Å². The quantitative estimate of drug-likeness (QED) is 0.832. The second-order valence-corrected chi connectivity index (χ2v) is 7.22. The van der Waals surface area contributed by atoms with Gasteiger partial charge in [0.15, 0.2) is 0 Å². The SMILES string of the molecule is Cl.Cn1cc(CN2CCN(CC3(c4ccccc4)CC3)CC2)cn1. The summed E-state index contributed by atoms with van der Waals surface area (Å²) in [6.07, 6.45) is 6.82. The molecule has 0 spiro atoms. The predicted octanol–water partition coefficient (Wildman–Crippen LogP) is 2.69. The first-order valence-corrected chi connectivity index (χ1v) is 8.71. The van der Waals surface area contributed by atoms with Crippen molar-refractivity contribution in [2.24, 2.45) is 7.05 Å². The Kier molecular flexibility index (Phi) is 5.28. The van der Waals surface area contributed by atoms with Gasteiger partial charge in [0.25, 0.3) is 0 Å². The van der Waals surface area contributed by atoms with Crippen molar-refractivity contribution in [1.82, 2.24) is 19.6 Å². The first-order chi connectivity index (χ1) is 11.2. The number of nitrogens with zero attached hydrogens (tertiary/aromatic N) is 4. The number of hydrogen-bond acceptors (Lipinski definition) is 3. The molecule has 0 atom stereocenters. The normalized spacial score (nSPS) is 20.5. The standard InChI is InChI=1S/C19H26N4.ClH/c1-21-14-17(13-20-21)15-22-9-11-23(12-10-22)16-19(7-8-19)18-5-3-2-4-6-18;/h2-6,13-14H,7-12,15-16H2,1H3;1H. The first-order valence-electron chi connectivity index (χ1n) is 8.71. The van der Waals surface area contributed by atoms with Crippen molar-refractivity contribution in [2.75, 3.05) is 32.7 Å². The van der Waals surface area contributed by atoms with E-state index in [2.05, 4.69) is 51.4 Å². The van der Waals surface area contributed by atoms with Crippen molar-refractivity contribution in [2.45, 2.75) is 24.8 Å². The lowest BCUT2D eigenvalue weighted by Crippen LogP contribution is -2.48. The van der Waals surface area contributed by atoms with Crippen LogP contribution in [0.3, 0.4) is 0 Å². The minimum absolute atomic E-state index is 0. The Hall–Kier alpha value is -1.36. The smallest absolute Gasteiger partial charge is 0.0534 e. The summed E-state index contributed by atoms with van der Waals surface area (Å²) in [7, 11) is 1.99. The van der Waals surface area contributed by atoms with Crippen LogP contribution in [0.4, 0.5) is 0 Å². The molecule has 5 heteroatoms. The summed E-state index contributed by atoms with van der Waals surface area (Å²) in [5.41, 5.74) is 3.31. The molecule has 0 radical (unpaired) electrons. The van der Waals surface area contributed by atoms with E-state index in [9.17, 15) is 0 Å². The van der Waals surface area contributed by atoms with E-state index >= 15 is 0 Å². The number of benzene rings is 1. The fourth-order valence-corrected chi connectivity index (χ4v) is 3.83. The van der Waals surface area contributed by atoms with E-state index in [1.165, 1.54) is 56.7 Å². The summed E-state index contributed by atoms with van der Waals surface area (Å²) >= 11 is 0. The van der Waals surface area contributed by atoms with E-state index in [-0.39, 0.29) is 12.4 Å². The van der Waals surface area contributed by atoms with Gasteiger partial charge in [0, 0.05) is 63.5 Å². The molecule has 1 aliphatic carbocycles. The Bertz CT molecular complexity index is 642. The van der Waals surface area contributed by atoms with Crippen molar-refractivity contribution in [1.29, 1.82) is 0 Å². The number of hydrogen-bond donors (Lipinski definition) is 0. The molecule has 1 aromatic carbocycles. The Balaban J connectivity index is 0.00000169. The minimum Gasteiger partial charge on any atom is -0.300 e. The molecule has 1 aliphatic heterocycles. The topological polar surface area (TPSA) is 24.3 Å². The molecule has 2 fully saturated rings. The second kappa shape index (κ2) is 7.26. The van der Waals surface area contributed by atoms with Crippen LogP contribution in [-0.4, -0.2) is 52.3 Å². The number of piperazine rings is 1. The van der Waals surface area contributed by atoms with Gasteiger partial charge in [-0.15, -0.1) is 12.4 Å². The average Bonchev–Trinajstić information content (AvgIpc) is 3.25. The molecule has 0 unspecified atom stereocenters. The van der Waals surface area contributed by atoms with Crippen LogP contribution < -0.4 is 0 Å². The van der Waals surface area contributed by atoms with Gasteiger partial charge in [-0.3, -0.25) is 14.5 Å². The van der Waals surface area contributed by atoms with E-state index in [0.717, 1.165) is 6.54 Å². The molecule has 2 aromatic rings. The summed E-state index contributed by atoms with van der Waals surface area (Å²) < 4.78 is 1.89. The van der Waals surface area contributed by atoms with Gasteiger partial charge in [-0.05, 0) is 18.4 Å². The predicted molar refractivity (Wildman–Crippen MR) is 99.5 cm³/mol. The monoisotopic (exact) mass is 346 g/mol. The third-order valence-corrected chi connectivity index (χ3v) is 5.40. The van der Waals surface area contributed by atoms with Gasteiger partial charge in [0.2, 0.25) is 0 Å². The zero-order valence-corrected chi connectivity index (χ0v) is 15.2. The number of rotatable bonds is 5. The number of halogens is 1. The Morgan fingerprint density at radius 1 is 1.00 bits per heavy atom. The van der Waals surface area contributed by atoms with Crippen molar-refractivity contribution in [3.8, 4) is 0 Å². The van der Waals surface area contributed by atoms with Crippen LogP contribution >= 0.6 is 12.4 Å². The lowest BCUT2D eigenvalue weighted by Gasteiger charge is -2.36. The zero-order chi connectivity index (χ0) is 15.7. The van der Waals surface area contributed by atoms with Gasteiger partial charge < -0.3 is 0 Å². The second-order valence-electron chi connectivity index (χ2n) is 7.22. The molecule has 1 saturated heterocycles. The van der Waals surface area contributed by atoms with Crippen LogP contribution in [0, 0.1) is 0 Å². The highest BCUT2D eigenvalue weighted by atomic mass is 35.5. The maximum absolute atomic E-state index is 4.27. The first kappa shape index (κ1) is 17.5. The molecular formula is C19H27ClN4. The van der Waals surface area contributed by atoms with Gasteiger partial charge in [-0.2, -0.15) is 5.10 Å². The van der Waals surface area contributed by atoms with Gasteiger partial charge in [-0.25, -0.2) is 0 Å². The lowest BCUT2D eigenvalue weighted by atomic mass is 9.95. The van der Waals surface area contributed by atoms with Crippen LogP contribution in [-0.2, 0) is 19.0 Å². The molecule has 0 amide bonds. The van der Waals surface area contributed by atoms with Gasteiger partial charge in [0.05, 0.1) is 6.20 Å². The molecular weight excluding hydrogens is 320 g/mol. The van der Waals surface area contributed by atoms with E-state index < -0.39 is 0 Å². The third kappa shape index (κ3) is 3.82. The molecule has 4 rings (SSSR count). The Morgan fingerprint density at radius 3 is 2.25 bits per heavy atom. The minimum atomic E-state index is 0. The molecule has 2 heterocycles. The van der Waals surface area contributed by atoms with Crippen molar-refractivity contribution in [3.63, 3.8) is 0 Å². The van der Waals surface area contributed by atoms with Crippen LogP contribution in [0.1, 0.15) is 24.0 Å². The largest absolute Gasteiger partial charge is 0.300 e. The van der Waals surface area contributed by atoms with E-state index in [0.29, 0.717) is 5.41 Å². The van der Waals surface area contributed by atoms with Crippen molar-refractivity contribution < 1.29 is 0 Å². The lowest BCUT2D eigenvalue weighted by molar-refractivity contribution is 0.119. The van der Waals surface area contributed by atoms with E-state index in [1.54, 1.807) is 0 Å². The molecule has 1 aromatic heterocycles. The fraction of sp³-hybridized carbons (Fsp3) is 0.526. The van der Waals surface area contributed by atoms with Gasteiger partial charge in [0.1, 0.15) is 0 Å². The van der Waals surface area contributed by atoms with Crippen LogP contribution in [0.15, 0.2) is 42.7 Å². The summed E-state index contributed by atoms with van der Waals surface area (Å²) in [5, 5.41) is 4.27. The van der Waals surface area contributed by atoms with E-state index in [1.807, 2.05) is 17.9 Å². The molecule has 2 aliphatic rings. The van der Waals surface area contributed by atoms with Gasteiger partial charge in [-0.1, -0.05) is 30.3 Å². The maximum atomic E-state index is 4.27.